The normalized spacial score (nSPS) is 24.9. The van der Waals surface area contributed by atoms with Crippen LogP contribution in [-0.4, -0.2) is 20.8 Å². The van der Waals surface area contributed by atoms with Gasteiger partial charge < -0.3 is 5.32 Å². The number of pyridine rings is 1. The van der Waals surface area contributed by atoms with Crippen LogP contribution in [0, 0.1) is 11.3 Å². The van der Waals surface area contributed by atoms with Crippen molar-refractivity contribution in [3.63, 3.8) is 0 Å². The molecule has 1 aliphatic rings. The number of hydrogen-bond donors (Lipinski definition) is 1. The lowest BCUT2D eigenvalue weighted by molar-refractivity contribution is 0.366. The zero-order valence-corrected chi connectivity index (χ0v) is 13.7. The van der Waals surface area contributed by atoms with Crippen molar-refractivity contribution < 1.29 is 0 Å². The SMILES string of the molecule is CC1CC(C)(C)CC1Nc1cnc2c(cnn2C(C)C)c1. The van der Waals surface area contributed by atoms with Crippen LogP contribution in [0.4, 0.5) is 5.69 Å². The molecule has 2 aromatic rings. The van der Waals surface area contributed by atoms with E-state index in [1.807, 2.05) is 17.1 Å². The maximum absolute atomic E-state index is 4.60. The summed E-state index contributed by atoms with van der Waals surface area (Å²) in [5, 5.41) is 9.22. The highest BCUT2D eigenvalue weighted by Gasteiger charge is 2.36. The lowest BCUT2D eigenvalue weighted by atomic mass is 9.91. The van der Waals surface area contributed by atoms with Crippen molar-refractivity contribution in [2.24, 2.45) is 11.3 Å². The molecule has 21 heavy (non-hydrogen) atoms. The molecule has 1 fully saturated rings. The lowest BCUT2D eigenvalue weighted by Crippen LogP contribution is -2.22. The molecule has 114 valence electrons. The van der Waals surface area contributed by atoms with Crippen LogP contribution in [0.1, 0.15) is 53.5 Å². The van der Waals surface area contributed by atoms with Crippen molar-refractivity contribution in [3.05, 3.63) is 18.5 Å². The fourth-order valence-corrected chi connectivity index (χ4v) is 3.70. The van der Waals surface area contributed by atoms with E-state index >= 15 is 0 Å². The minimum absolute atomic E-state index is 0.337. The highest BCUT2D eigenvalue weighted by Crippen LogP contribution is 2.42. The first-order valence-electron chi connectivity index (χ1n) is 7.95. The number of nitrogens with one attached hydrogen (secondary N) is 1. The molecule has 0 saturated heterocycles. The third-order valence-corrected chi connectivity index (χ3v) is 4.61. The fraction of sp³-hybridized carbons (Fsp3) is 0.647. The Kier molecular flexibility index (Phi) is 3.42. The van der Waals surface area contributed by atoms with Crippen LogP contribution in [0.15, 0.2) is 18.5 Å². The standard InChI is InChI=1S/C17H26N4/c1-11(2)21-16-13(9-19-21)6-14(10-18-16)20-15-8-17(4,5)7-12(15)3/h6,9-12,15,20H,7-8H2,1-5H3. The second-order valence-electron chi connectivity index (χ2n) is 7.62. The van der Waals surface area contributed by atoms with E-state index in [4.69, 9.17) is 0 Å². The van der Waals surface area contributed by atoms with Gasteiger partial charge in [0.15, 0.2) is 5.65 Å². The summed E-state index contributed by atoms with van der Waals surface area (Å²) in [7, 11) is 0. The van der Waals surface area contributed by atoms with Crippen LogP contribution in [0.2, 0.25) is 0 Å². The minimum Gasteiger partial charge on any atom is -0.381 e. The van der Waals surface area contributed by atoms with E-state index < -0.39 is 0 Å². The summed E-state index contributed by atoms with van der Waals surface area (Å²) in [6, 6.07) is 3.05. The smallest absolute Gasteiger partial charge is 0.158 e. The number of fused-ring (bicyclic) bond motifs is 1. The third-order valence-electron chi connectivity index (χ3n) is 4.61. The van der Waals surface area contributed by atoms with Gasteiger partial charge in [0.2, 0.25) is 0 Å². The molecule has 0 aromatic carbocycles. The molecule has 2 unspecified atom stereocenters. The first-order valence-corrected chi connectivity index (χ1v) is 7.95. The average Bonchev–Trinajstić information content (AvgIpc) is 2.90. The Labute approximate surface area is 126 Å². The van der Waals surface area contributed by atoms with Gasteiger partial charge in [-0.2, -0.15) is 5.10 Å². The molecule has 3 rings (SSSR count). The van der Waals surface area contributed by atoms with Crippen LogP contribution < -0.4 is 5.32 Å². The van der Waals surface area contributed by atoms with E-state index in [0.29, 0.717) is 23.4 Å². The maximum Gasteiger partial charge on any atom is 0.158 e. The molecule has 1 saturated carbocycles. The van der Waals surface area contributed by atoms with Gasteiger partial charge in [-0.25, -0.2) is 9.67 Å². The molecule has 4 heteroatoms. The van der Waals surface area contributed by atoms with Crippen LogP contribution in [0.5, 0.6) is 0 Å². The van der Waals surface area contributed by atoms with Gasteiger partial charge in [-0.3, -0.25) is 0 Å². The Morgan fingerprint density at radius 1 is 1.29 bits per heavy atom. The van der Waals surface area contributed by atoms with Gasteiger partial charge in [0.05, 0.1) is 18.1 Å². The van der Waals surface area contributed by atoms with E-state index in [0.717, 1.165) is 16.7 Å². The van der Waals surface area contributed by atoms with Gasteiger partial charge in [-0.15, -0.1) is 0 Å². The predicted molar refractivity (Wildman–Crippen MR) is 87.5 cm³/mol. The third kappa shape index (κ3) is 2.76. The zero-order chi connectivity index (χ0) is 15.2. The number of anilines is 1. The summed E-state index contributed by atoms with van der Waals surface area (Å²) in [5.41, 5.74) is 2.52. The molecule has 2 heterocycles. The summed E-state index contributed by atoms with van der Waals surface area (Å²) in [5.74, 6) is 0.703. The van der Waals surface area contributed by atoms with Crippen molar-refractivity contribution in [1.82, 2.24) is 14.8 Å². The van der Waals surface area contributed by atoms with Crippen LogP contribution >= 0.6 is 0 Å². The van der Waals surface area contributed by atoms with Crippen LogP contribution in [-0.2, 0) is 0 Å². The van der Waals surface area contributed by atoms with Crippen LogP contribution in [0.25, 0.3) is 11.0 Å². The molecular weight excluding hydrogens is 260 g/mol. The highest BCUT2D eigenvalue weighted by molar-refractivity contribution is 5.78. The number of rotatable bonds is 3. The Balaban J connectivity index is 1.82. The van der Waals surface area contributed by atoms with Gasteiger partial charge in [-0.05, 0) is 44.1 Å². The van der Waals surface area contributed by atoms with Gasteiger partial charge in [0, 0.05) is 17.5 Å². The topological polar surface area (TPSA) is 42.7 Å². The van der Waals surface area contributed by atoms with E-state index in [1.54, 1.807) is 0 Å². The first-order chi connectivity index (χ1) is 9.85. The van der Waals surface area contributed by atoms with Gasteiger partial charge in [0.1, 0.15) is 0 Å². The average molecular weight is 286 g/mol. The second kappa shape index (κ2) is 5.00. The highest BCUT2D eigenvalue weighted by atomic mass is 15.3. The fourth-order valence-electron chi connectivity index (χ4n) is 3.70. The zero-order valence-electron chi connectivity index (χ0n) is 13.7. The van der Waals surface area contributed by atoms with E-state index in [1.165, 1.54) is 12.8 Å². The monoisotopic (exact) mass is 286 g/mol. The predicted octanol–water partition coefficient (Wildman–Crippen LogP) is 4.25. The summed E-state index contributed by atoms with van der Waals surface area (Å²) in [6.07, 6.45) is 6.36. The van der Waals surface area contributed by atoms with Gasteiger partial charge in [0.25, 0.3) is 0 Å². The van der Waals surface area contributed by atoms with E-state index in [9.17, 15) is 0 Å². The molecular formula is C17H26N4. The quantitative estimate of drug-likeness (QED) is 0.917. The number of aromatic nitrogens is 3. The molecule has 0 spiro atoms. The van der Waals surface area contributed by atoms with E-state index in [2.05, 4.69) is 56.1 Å². The molecule has 0 radical (unpaired) electrons. The van der Waals surface area contributed by atoms with Gasteiger partial charge >= 0.3 is 0 Å². The molecule has 2 aromatic heterocycles. The molecule has 0 aliphatic heterocycles. The lowest BCUT2D eigenvalue weighted by Gasteiger charge is -2.19. The Hall–Kier alpha value is -1.58. The largest absolute Gasteiger partial charge is 0.381 e. The summed E-state index contributed by atoms with van der Waals surface area (Å²) < 4.78 is 1.97. The van der Waals surface area contributed by atoms with Gasteiger partial charge in [-0.1, -0.05) is 20.8 Å². The van der Waals surface area contributed by atoms with Crippen LogP contribution in [0.3, 0.4) is 0 Å². The van der Waals surface area contributed by atoms with Crippen molar-refractivity contribution in [2.45, 2.75) is 59.5 Å². The Morgan fingerprint density at radius 3 is 2.67 bits per heavy atom. The van der Waals surface area contributed by atoms with Crippen molar-refractivity contribution in [2.75, 3.05) is 5.32 Å². The second-order valence-corrected chi connectivity index (χ2v) is 7.62. The molecule has 1 N–H and O–H groups in total. The van der Waals surface area contributed by atoms with Crippen molar-refractivity contribution in [1.29, 1.82) is 0 Å². The number of hydrogen-bond acceptors (Lipinski definition) is 3. The van der Waals surface area contributed by atoms with Crippen molar-refractivity contribution >= 4 is 16.7 Å². The summed E-state index contributed by atoms with van der Waals surface area (Å²) in [6.45, 7) is 11.3. The van der Waals surface area contributed by atoms with E-state index in [-0.39, 0.29) is 0 Å². The Morgan fingerprint density at radius 2 is 2.05 bits per heavy atom. The summed E-state index contributed by atoms with van der Waals surface area (Å²) in [4.78, 5) is 4.60. The maximum atomic E-state index is 4.60. The Bertz CT molecular complexity index is 641. The molecule has 0 amide bonds. The molecule has 1 aliphatic carbocycles. The van der Waals surface area contributed by atoms with Crippen molar-refractivity contribution in [3.8, 4) is 0 Å². The molecule has 0 bridgehead atoms. The number of nitrogens with zero attached hydrogens (tertiary/aromatic N) is 3. The molecule has 2 atom stereocenters. The molecule has 4 nitrogen and oxygen atoms in total. The summed E-state index contributed by atoms with van der Waals surface area (Å²) >= 11 is 0. The first kappa shape index (κ1) is 14.4. The minimum atomic E-state index is 0.337.